The monoisotopic (exact) mass is 426 g/mol. The van der Waals surface area contributed by atoms with Crippen molar-refractivity contribution in [3.8, 4) is 11.1 Å². The van der Waals surface area contributed by atoms with Crippen molar-refractivity contribution in [3.05, 3.63) is 97.1 Å². The maximum absolute atomic E-state index is 13.5. The number of carbonyl (C=O) groups is 1. The SMILES string of the molecule is C=CCNC(=O)[C@]1(Cc2ccccc2-c2cccnc2)CCCN(Cc2ccncc2)C1. The maximum atomic E-state index is 13.5. The third-order valence-corrected chi connectivity index (χ3v) is 6.22. The molecule has 1 aliphatic heterocycles. The summed E-state index contributed by atoms with van der Waals surface area (Å²) in [7, 11) is 0. The lowest BCUT2D eigenvalue weighted by atomic mass is 9.73. The predicted octanol–water partition coefficient (Wildman–Crippen LogP) is 4.27. The summed E-state index contributed by atoms with van der Waals surface area (Å²) < 4.78 is 0. The number of hydrogen-bond acceptors (Lipinski definition) is 4. The van der Waals surface area contributed by atoms with Crippen LogP contribution in [0.5, 0.6) is 0 Å². The Balaban J connectivity index is 1.64. The van der Waals surface area contributed by atoms with Crippen LogP contribution in [-0.2, 0) is 17.8 Å². The molecule has 1 atom stereocenters. The number of benzene rings is 1. The number of amides is 1. The van der Waals surface area contributed by atoms with Gasteiger partial charge in [0.1, 0.15) is 0 Å². The first-order valence-electron chi connectivity index (χ1n) is 11.2. The molecule has 1 amide bonds. The lowest BCUT2D eigenvalue weighted by Gasteiger charge is -2.42. The number of likely N-dealkylation sites (tertiary alicyclic amines) is 1. The van der Waals surface area contributed by atoms with Crippen LogP contribution in [0.1, 0.15) is 24.0 Å². The van der Waals surface area contributed by atoms with Crippen LogP contribution in [0, 0.1) is 5.41 Å². The molecule has 5 nitrogen and oxygen atoms in total. The van der Waals surface area contributed by atoms with Crippen molar-refractivity contribution in [2.45, 2.75) is 25.8 Å². The van der Waals surface area contributed by atoms with Crippen molar-refractivity contribution in [3.63, 3.8) is 0 Å². The first kappa shape index (κ1) is 21.9. The molecule has 32 heavy (non-hydrogen) atoms. The number of nitrogens with zero attached hydrogens (tertiary/aromatic N) is 3. The van der Waals surface area contributed by atoms with E-state index in [9.17, 15) is 4.79 Å². The number of rotatable bonds is 8. The quantitative estimate of drug-likeness (QED) is 0.547. The Morgan fingerprint density at radius 2 is 1.94 bits per heavy atom. The van der Waals surface area contributed by atoms with Crippen molar-refractivity contribution in [2.75, 3.05) is 19.6 Å². The summed E-state index contributed by atoms with van der Waals surface area (Å²) in [4.78, 5) is 24.3. The summed E-state index contributed by atoms with van der Waals surface area (Å²) in [6.07, 6.45) is 11.6. The number of carbonyl (C=O) groups excluding carboxylic acids is 1. The van der Waals surface area contributed by atoms with Gasteiger partial charge < -0.3 is 5.32 Å². The van der Waals surface area contributed by atoms with E-state index in [1.54, 1.807) is 12.3 Å². The van der Waals surface area contributed by atoms with Gasteiger partial charge in [-0.15, -0.1) is 6.58 Å². The lowest BCUT2D eigenvalue weighted by molar-refractivity contribution is -0.134. The van der Waals surface area contributed by atoms with Crippen molar-refractivity contribution in [1.82, 2.24) is 20.2 Å². The molecule has 1 saturated heterocycles. The van der Waals surface area contributed by atoms with Crippen LogP contribution in [0.25, 0.3) is 11.1 Å². The summed E-state index contributed by atoms with van der Waals surface area (Å²) in [5.41, 5.74) is 4.13. The van der Waals surface area contributed by atoms with E-state index in [0.29, 0.717) is 13.0 Å². The first-order valence-corrected chi connectivity index (χ1v) is 11.2. The number of pyridine rings is 2. The molecule has 0 spiro atoms. The summed E-state index contributed by atoms with van der Waals surface area (Å²) in [6, 6.07) is 16.5. The molecule has 4 rings (SSSR count). The van der Waals surface area contributed by atoms with E-state index in [1.165, 1.54) is 11.1 Å². The van der Waals surface area contributed by atoms with Crippen LogP contribution < -0.4 is 5.32 Å². The van der Waals surface area contributed by atoms with Crippen molar-refractivity contribution in [1.29, 1.82) is 0 Å². The molecule has 2 aromatic heterocycles. The predicted molar refractivity (Wildman–Crippen MR) is 128 cm³/mol. The second-order valence-corrected chi connectivity index (χ2v) is 8.52. The zero-order chi connectivity index (χ0) is 22.2. The number of nitrogens with one attached hydrogen (secondary N) is 1. The lowest BCUT2D eigenvalue weighted by Crippen LogP contribution is -2.53. The van der Waals surface area contributed by atoms with Gasteiger partial charge in [-0.1, -0.05) is 36.4 Å². The van der Waals surface area contributed by atoms with Crippen LogP contribution in [-0.4, -0.2) is 40.4 Å². The van der Waals surface area contributed by atoms with Gasteiger partial charge in [-0.25, -0.2) is 0 Å². The minimum absolute atomic E-state index is 0.109. The van der Waals surface area contributed by atoms with Crippen LogP contribution in [0.3, 0.4) is 0 Å². The Hall–Kier alpha value is -3.31. The Labute approximate surface area is 190 Å². The molecule has 3 heterocycles. The van der Waals surface area contributed by atoms with Gasteiger partial charge in [-0.3, -0.25) is 19.7 Å². The zero-order valence-corrected chi connectivity index (χ0v) is 18.4. The molecular weight excluding hydrogens is 396 g/mol. The van der Waals surface area contributed by atoms with Crippen molar-refractivity contribution < 1.29 is 4.79 Å². The van der Waals surface area contributed by atoms with E-state index < -0.39 is 5.41 Å². The standard InChI is InChI=1S/C27H30N4O/c1-2-13-30-26(32)27(12-6-17-31(21-27)20-22-10-15-28-16-11-22)18-23-7-3-4-9-25(23)24-8-5-14-29-19-24/h2-5,7-11,14-16,19H,1,6,12-13,17-18,20-21H2,(H,30,32)/t27-/m0/s1. The molecule has 1 N–H and O–H groups in total. The van der Waals surface area contributed by atoms with Gasteiger partial charge in [-0.05, 0) is 60.7 Å². The summed E-state index contributed by atoms with van der Waals surface area (Å²) in [5.74, 6) is 0.109. The summed E-state index contributed by atoms with van der Waals surface area (Å²) in [6.45, 7) is 6.79. The van der Waals surface area contributed by atoms with Gasteiger partial charge in [0.2, 0.25) is 5.91 Å². The molecule has 3 aromatic rings. The third-order valence-electron chi connectivity index (χ3n) is 6.22. The zero-order valence-electron chi connectivity index (χ0n) is 18.4. The number of hydrogen-bond donors (Lipinski definition) is 1. The largest absolute Gasteiger partial charge is 0.352 e. The molecule has 5 heteroatoms. The Kier molecular flexibility index (Phi) is 7.07. The highest BCUT2D eigenvalue weighted by Crippen LogP contribution is 2.37. The third kappa shape index (κ3) is 5.11. The van der Waals surface area contributed by atoms with E-state index in [-0.39, 0.29) is 5.91 Å². The summed E-state index contributed by atoms with van der Waals surface area (Å²) in [5, 5.41) is 3.10. The average molecular weight is 427 g/mol. The second kappa shape index (κ2) is 10.3. The van der Waals surface area contributed by atoms with Gasteiger partial charge in [0.25, 0.3) is 0 Å². The van der Waals surface area contributed by atoms with Gasteiger partial charge in [-0.2, -0.15) is 0 Å². The normalized spacial score (nSPS) is 18.8. The average Bonchev–Trinajstić information content (AvgIpc) is 2.84. The molecule has 1 aromatic carbocycles. The first-order chi connectivity index (χ1) is 15.7. The molecule has 1 aliphatic rings. The fourth-order valence-corrected chi connectivity index (χ4v) is 4.71. The highest BCUT2D eigenvalue weighted by molar-refractivity contribution is 5.84. The van der Waals surface area contributed by atoms with Gasteiger partial charge in [0, 0.05) is 50.0 Å². The fourth-order valence-electron chi connectivity index (χ4n) is 4.71. The second-order valence-electron chi connectivity index (χ2n) is 8.52. The van der Waals surface area contributed by atoms with Gasteiger partial charge in [0.05, 0.1) is 5.41 Å². The fraction of sp³-hybridized carbons (Fsp3) is 0.296. The van der Waals surface area contributed by atoms with Crippen LogP contribution >= 0.6 is 0 Å². The number of aromatic nitrogens is 2. The smallest absolute Gasteiger partial charge is 0.228 e. The van der Waals surface area contributed by atoms with E-state index in [0.717, 1.165) is 43.6 Å². The molecule has 0 radical (unpaired) electrons. The van der Waals surface area contributed by atoms with E-state index in [4.69, 9.17) is 0 Å². The minimum atomic E-state index is -0.493. The molecular formula is C27H30N4O. The molecule has 0 aliphatic carbocycles. The highest BCUT2D eigenvalue weighted by Gasteiger charge is 2.42. The van der Waals surface area contributed by atoms with Crippen LogP contribution in [0.4, 0.5) is 0 Å². The van der Waals surface area contributed by atoms with Gasteiger partial charge >= 0.3 is 0 Å². The topological polar surface area (TPSA) is 58.1 Å². The van der Waals surface area contributed by atoms with Crippen molar-refractivity contribution >= 4 is 5.91 Å². The summed E-state index contributed by atoms with van der Waals surface area (Å²) >= 11 is 0. The van der Waals surface area contributed by atoms with E-state index in [1.807, 2.05) is 42.9 Å². The minimum Gasteiger partial charge on any atom is -0.352 e. The van der Waals surface area contributed by atoms with Crippen LogP contribution in [0.2, 0.25) is 0 Å². The Bertz CT molecular complexity index is 1040. The molecule has 0 bridgehead atoms. The Morgan fingerprint density at radius 1 is 1.09 bits per heavy atom. The van der Waals surface area contributed by atoms with Crippen LogP contribution in [0.15, 0.2) is 86.0 Å². The molecule has 0 unspecified atom stereocenters. The van der Waals surface area contributed by atoms with E-state index >= 15 is 0 Å². The molecule has 1 fully saturated rings. The van der Waals surface area contributed by atoms with Gasteiger partial charge in [0.15, 0.2) is 0 Å². The number of piperidine rings is 1. The Morgan fingerprint density at radius 3 is 2.72 bits per heavy atom. The highest BCUT2D eigenvalue weighted by atomic mass is 16.2. The molecule has 0 saturated carbocycles. The van der Waals surface area contributed by atoms with E-state index in [2.05, 4.69) is 51.0 Å². The molecule has 164 valence electrons. The maximum Gasteiger partial charge on any atom is 0.228 e. The van der Waals surface area contributed by atoms with Crippen molar-refractivity contribution in [2.24, 2.45) is 5.41 Å².